The Morgan fingerprint density at radius 1 is 1.06 bits per heavy atom. The number of hydrogen-bond acceptors (Lipinski definition) is 5. The third-order valence-electron chi connectivity index (χ3n) is 8.08. The highest BCUT2D eigenvalue weighted by Crippen LogP contribution is 2.49. The fourth-order valence-electron chi connectivity index (χ4n) is 6.19. The molecule has 1 aromatic heterocycles. The van der Waals surface area contributed by atoms with Crippen LogP contribution < -0.4 is 10.3 Å². The summed E-state index contributed by atoms with van der Waals surface area (Å²) >= 11 is -2.37. The molecule has 7 heteroatoms. The van der Waals surface area contributed by atoms with Gasteiger partial charge in [0.25, 0.3) is 0 Å². The van der Waals surface area contributed by atoms with Gasteiger partial charge in [-0.15, -0.1) is 0 Å². The maximum Gasteiger partial charge on any atom is 0.343 e. The predicted octanol–water partition coefficient (Wildman–Crippen LogP) is 5.09. The van der Waals surface area contributed by atoms with Crippen molar-refractivity contribution >= 4 is 11.3 Å². The maximum atomic E-state index is 13.2. The molecule has 0 saturated heterocycles. The Kier molecular flexibility index (Phi) is 6.96. The third kappa shape index (κ3) is 4.75. The number of aromatic hydroxyl groups is 1. The first kappa shape index (κ1) is 23.8. The first-order valence-corrected chi connectivity index (χ1v) is 13.9. The molecule has 0 radical (unpaired) electrons. The van der Waals surface area contributed by atoms with Crippen molar-refractivity contribution in [1.29, 1.82) is 0 Å². The summed E-state index contributed by atoms with van der Waals surface area (Å²) in [4.78, 5) is 13.2. The summed E-state index contributed by atoms with van der Waals surface area (Å²) in [6, 6.07) is 8.01. The molecule has 1 heterocycles. The second kappa shape index (κ2) is 9.96. The molecule has 2 fully saturated rings. The average molecular weight is 485 g/mol. The van der Waals surface area contributed by atoms with E-state index in [1.54, 1.807) is 0 Å². The minimum atomic E-state index is -2.37. The molecule has 0 amide bonds. The number of aryl methyl sites for hydroxylation is 1. The third-order valence-corrected chi connectivity index (χ3v) is 8.64. The van der Waals surface area contributed by atoms with Gasteiger partial charge in [-0.2, -0.15) is 0 Å². The van der Waals surface area contributed by atoms with E-state index in [0.717, 1.165) is 93.7 Å². The molecule has 0 aliphatic heterocycles. The Balaban J connectivity index is 1.58. The molecule has 2 saturated carbocycles. The monoisotopic (exact) mass is 484 g/mol. The standard InChI is InChI=1S/C27H35NO5S/c29-25-21-11-4-1-2-5-12-22(21)33-26(30)24(25)23(18-13-14-18)19-9-8-10-20(17-19)27(28-34(31)32)15-6-3-7-16-27/h8-10,17-18,23,28-29H,1-7,11-16H2,(H,31,32)/p-1. The van der Waals surface area contributed by atoms with Gasteiger partial charge in [0.15, 0.2) is 0 Å². The van der Waals surface area contributed by atoms with E-state index in [9.17, 15) is 18.7 Å². The quantitative estimate of drug-likeness (QED) is 0.556. The fraction of sp³-hybridized carbons (Fsp3) is 0.593. The van der Waals surface area contributed by atoms with Crippen LogP contribution in [0.25, 0.3) is 0 Å². The molecule has 0 spiro atoms. The van der Waals surface area contributed by atoms with Crippen molar-refractivity contribution in [3.05, 3.63) is 62.7 Å². The van der Waals surface area contributed by atoms with Gasteiger partial charge in [0.05, 0.1) is 11.1 Å². The van der Waals surface area contributed by atoms with Crippen LogP contribution in [0.1, 0.15) is 105 Å². The van der Waals surface area contributed by atoms with Crippen LogP contribution in [0.3, 0.4) is 0 Å². The van der Waals surface area contributed by atoms with Crippen molar-refractivity contribution < 1.29 is 18.3 Å². The van der Waals surface area contributed by atoms with Crippen LogP contribution in [0.5, 0.6) is 5.75 Å². The molecule has 2 N–H and O–H groups in total. The minimum absolute atomic E-state index is 0.126. The molecule has 0 bridgehead atoms. The van der Waals surface area contributed by atoms with E-state index >= 15 is 0 Å². The van der Waals surface area contributed by atoms with Gasteiger partial charge in [0.1, 0.15) is 11.5 Å². The smallest absolute Gasteiger partial charge is 0.343 e. The van der Waals surface area contributed by atoms with E-state index < -0.39 is 22.4 Å². The summed E-state index contributed by atoms with van der Waals surface area (Å²) in [5.74, 6) is 0.809. The Morgan fingerprint density at radius 2 is 1.76 bits per heavy atom. The van der Waals surface area contributed by atoms with Gasteiger partial charge in [-0.05, 0) is 62.0 Å². The molecule has 184 valence electrons. The molecule has 2 unspecified atom stereocenters. The van der Waals surface area contributed by atoms with Crippen molar-refractivity contribution in [2.24, 2.45) is 5.92 Å². The molecule has 2 atom stereocenters. The lowest BCUT2D eigenvalue weighted by Crippen LogP contribution is -2.44. The number of fused-ring (bicyclic) bond motifs is 1. The Morgan fingerprint density at radius 3 is 2.47 bits per heavy atom. The van der Waals surface area contributed by atoms with Crippen LogP contribution >= 0.6 is 0 Å². The average Bonchev–Trinajstić information content (AvgIpc) is 3.63. The number of hydrogen-bond donors (Lipinski definition) is 2. The Bertz CT molecular complexity index is 1120. The zero-order valence-electron chi connectivity index (χ0n) is 19.6. The molecule has 34 heavy (non-hydrogen) atoms. The van der Waals surface area contributed by atoms with Crippen molar-refractivity contribution in [2.75, 3.05) is 0 Å². The van der Waals surface area contributed by atoms with Crippen molar-refractivity contribution in [1.82, 2.24) is 4.72 Å². The van der Waals surface area contributed by atoms with Crippen LogP contribution in [0, 0.1) is 5.92 Å². The van der Waals surface area contributed by atoms with Gasteiger partial charge < -0.3 is 14.1 Å². The van der Waals surface area contributed by atoms with Crippen molar-refractivity contribution in [3.63, 3.8) is 0 Å². The Hall–Kier alpha value is -1.96. The van der Waals surface area contributed by atoms with E-state index in [-0.39, 0.29) is 17.6 Å². The molecule has 1 aromatic carbocycles. The largest absolute Gasteiger partial charge is 0.760 e. The first-order valence-electron chi connectivity index (χ1n) is 12.8. The van der Waals surface area contributed by atoms with Crippen molar-refractivity contribution in [3.8, 4) is 5.75 Å². The van der Waals surface area contributed by atoms with Crippen LogP contribution in [0.15, 0.2) is 33.5 Å². The van der Waals surface area contributed by atoms with E-state index in [1.807, 2.05) is 18.2 Å². The highest BCUT2D eigenvalue weighted by Gasteiger charge is 2.40. The number of benzene rings is 1. The van der Waals surface area contributed by atoms with Gasteiger partial charge in [-0.25, -0.2) is 9.52 Å². The molecule has 6 nitrogen and oxygen atoms in total. The highest BCUT2D eigenvalue weighted by molar-refractivity contribution is 7.77. The molecular weight excluding hydrogens is 450 g/mol. The van der Waals surface area contributed by atoms with Gasteiger partial charge in [0.2, 0.25) is 0 Å². The van der Waals surface area contributed by atoms with Gasteiger partial charge in [0, 0.05) is 29.2 Å². The lowest BCUT2D eigenvalue weighted by molar-refractivity contribution is 0.270. The molecule has 3 aliphatic carbocycles. The minimum Gasteiger partial charge on any atom is -0.760 e. The van der Waals surface area contributed by atoms with E-state index in [0.29, 0.717) is 17.7 Å². The van der Waals surface area contributed by atoms with E-state index in [1.165, 1.54) is 0 Å². The molecule has 2 aromatic rings. The summed E-state index contributed by atoms with van der Waals surface area (Å²) in [7, 11) is 0. The lowest BCUT2D eigenvalue weighted by atomic mass is 9.76. The first-order chi connectivity index (χ1) is 16.5. The normalized spacial score (nSPS) is 22.3. The summed E-state index contributed by atoms with van der Waals surface area (Å²) < 4.78 is 32.0. The lowest BCUT2D eigenvalue weighted by Gasteiger charge is -2.39. The van der Waals surface area contributed by atoms with Crippen LogP contribution in [0.4, 0.5) is 0 Å². The summed E-state index contributed by atoms with van der Waals surface area (Å²) in [6.07, 6.45) is 12.2. The maximum absolute atomic E-state index is 13.2. The SMILES string of the molecule is O=c1oc2c(c(O)c1C(c1cccc(C3(NS(=O)[O-])CCCCC3)c1)C1CC1)CCCCCC2. The van der Waals surface area contributed by atoms with Crippen LogP contribution in [-0.4, -0.2) is 13.9 Å². The second-order valence-electron chi connectivity index (χ2n) is 10.4. The molecular formula is C27H34NO5S-. The molecule has 5 rings (SSSR count). The van der Waals surface area contributed by atoms with Crippen molar-refractivity contribution in [2.45, 2.75) is 94.9 Å². The van der Waals surface area contributed by atoms with E-state index in [2.05, 4.69) is 10.8 Å². The fourth-order valence-corrected chi connectivity index (χ4v) is 6.83. The highest BCUT2D eigenvalue weighted by atomic mass is 32.2. The predicted molar refractivity (Wildman–Crippen MR) is 130 cm³/mol. The van der Waals surface area contributed by atoms with Crippen LogP contribution in [0.2, 0.25) is 0 Å². The van der Waals surface area contributed by atoms with E-state index in [4.69, 9.17) is 4.42 Å². The summed E-state index contributed by atoms with van der Waals surface area (Å²) in [5.41, 5.74) is 2.05. The zero-order chi connectivity index (χ0) is 23.7. The topological polar surface area (TPSA) is 103 Å². The van der Waals surface area contributed by atoms with Gasteiger partial charge >= 0.3 is 5.63 Å². The second-order valence-corrected chi connectivity index (χ2v) is 11.1. The summed E-state index contributed by atoms with van der Waals surface area (Å²) in [5, 5.41) is 11.4. The number of rotatable bonds is 6. The molecule has 3 aliphatic rings. The Labute approximate surface area is 203 Å². The zero-order valence-corrected chi connectivity index (χ0v) is 20.5. The summed E-state index contributed by atoms with van der Waals surface area (Å²) in [6.45, 7) is 0. The van der Waals surface area contributed by atoms with Gasteiger partial charge in [-0.3, -0.25) is 4.21 Å². The number of nitrogens with one attached hydrogen (secondary N) is 1. The van der Waals surface area contributed by atoms with Crippen LogP contribution in [-0.2, 0) is 29.6 Å². The van der Waals surface area contributed by atoms with Gasteiger partial charge in [-0.1, -0.05) is 56.4 Å².